The van der Waals surface area contributed by atoms with Crippen LogP contribution >= 0.6 is 0 Å². The molecule has 1 saturated carbocycles. The first-order valence-corrected chi connectivity index (χ1v) is 14.0. The van der Waals surface area contributed by atoms with Gasteiger partial charge < -0.3 is 24.8 Å². The zero-order valence-corrected chi connectivity index (χ0v) is 24.2. The van der Waals surface area contributed by atoms with Crippen LogP contribution in [0.1, 0.15) is 62.4 Å². The Morgan fingerprint density at radius 3 is 2.24 bits per heavy atom. The number of anilines is 3. The second-order valence-electron chi connectivity index (χ2n) is 10.9. The van der Waals surface area contributed by atoms with E-state index < -0.39 is 11.7 Å². The predicted octanol–water partition coefficient (Wildman–Crippen LogP) is 7.74. The van der Waals surface area contributed by atoms with Crippen molar-refractivity contribution in [1.29, 1.82) is 0 Å². The molecule has 3 aromatic carbocycles. The second kappa shape index (κ2) is 13.7. The molecule has 0 unspecified atom stereocenters. The van der Waals surface area contributed by atoms with E-state index in [1.165, 1.54) is 12.8 Å². The average Bonchev–Trinajstić information content (AvgIpc) is 3.45. The molecule has 1 aliphatic carbocycles. The molecule has 0 bridgehead atoms. The molecule has 0 radical (unpaired) electrons. The van der Waals surface area contributed by atoms with Crippen LogP contribution in [0.3, 0.4) is 0 Å². The van der Waals surface area contributed by atoms with E-state index in [4.69, 9.17) is 14.2 Å². The van der Waals surface area contributed by atoms with E-state index in [0.29, 0.717) is 23.5 Å². The summed E-state index contributed by atoms with van der Waals surface area (Å²) in [6, 6.07) is 20.2. The summed E-state index contributed by atoms with van der Waals surface area (Å²) in [6.45, 7) is 6.00. The van der Waals surface area contributed by atoms with Crippen molar-refractivity contribution in [3.05, 3.63) is 83.9 Å². The smallest absolute Gasteiger partial charge is 0.412 e. The van der Waals surface area contributed by atoms with E-state index >= 15 is 0 Å². The Hall–Kier alpha value is -4.46. The number of amides is 2. The number of nitrogens with one attached hydrogen (secondary N) is 3. The molecule has 216 valence electrons. The van der Waals surface area contributed by atoms with Gasteiger partial charge in [-0.15, -0.1) is 0 Å². The number of methoxy groups -OCH3 is 1. The molecular formula is C33H39N3O5. The summed E-state index contributed by atoms with van der Waals surface area (Å²) in [4.78, 5) is 25.1. The van der Waals surface area contributed by atoms with Crippen LogP contribution in [0.15, 0.2) is 72.8 Å². The second-order valence-corrected chi connectivity index (χ2v) is 10.9. The van der Waals surface area contributed by atoms with Crippen molar-refractivity contribution in [1.82, 2.24) is 0 Å². The van der Waals surface area contributed by atoms with Crippen molar-refractivity contribution in [2.75, 3.05) is 29.6 Å². The lowest BCUT2D eigenvalue weighted by atomic mass is 10.1. The molecule has 0 spiro atoms. The molecule has 3 N–H and O–H groups in total. The quantitative estimate of drug-likeness (QED) is 0.236. The van der Waals surface area contributed by atoms with Gasteiger partial charge in [-0.25, -0.2) is 4.79 Å². The number of rotatable bonds is 10. The third kappa shape index (κ3) is 9.03. The normalized spacial score (nSPS) is 13.6. The van der Waals surface area contributed by atoms with Gasteiger partial charge in [0, 0.05) is 23.9 Å². The van der Waals surface area contributed by atoms with Crippen LogP contribution in [-0.2, 0) is 4.74 Å². The molecular weight excluding hydrogens is 518 g/mol. The molecule has 41 heavy (non-hydrogen) atoms. The van der Waals surface area contributed by atoms with Gasteiger partial charge in [-0.2, -0.15) is 0 Å². The molecule has 1 aliphatic rings. The van der Waals surface area contributed by atoms with E-state index in [-0.39, 0.29) is 12.0 Å². The van der Waals surface area contributed by atoms with Gasteiger partial charge in [0.25, 0.3) is 5.91 Å². The van der Waals surface area contributed by atoms with Crippen LogP contribution in [0, 0.1) is 0 Å². The van der Waals surface area contributed by atoms with Crippen LogP contribution in [0.5, 0.6) is 11.5 Å². The Balaban J connectivity index is 1.30. The van der Waals surface area contributed by atoms with Crippen molar-refractivity contribution >= 4 is 35.1 Å². The van der Waals surface area contributed by atoms with Crippen molar-refractivity contribution in [3.8, 4) is 11.5 Å². The van der Waals surface area contributed by atoms with Gasteiger partial charge in [-0.1, -0.05) is 36.4 Å². The first kappa shape index (κ1) is 29.5. The Morgan fingerprint density at radius 1 is 0.902 bits per heavy atom. The highest BCUT2D eigenvalue weighted by molar-refractivity contribution is 6.07. The minimum Gasteiger partial charge on any atom is -0.493 e. The number of para-hydroxylation sites is 2. The van der Waals surface area contributed by atoms with Crippen molar-refractivity contribution in [3.63, 3.8) is 0 Å². The number of benzene rings is 3. The standard InChI is InChI=1S/C33H39N3O5/c1-33(2,3)41-32(38)36-28-14-8-7-13-27(28)35-31(37)24-17-15-23(16-18-24)10-9-21-34-25-19-20-29(39-4)30(22-25)40-26-11-5-6-12-26/h7-10,13-20,22,26,34H,5-6,11-12,21H2,1-4H3,(H,35,37)(H,36,38)/b10-9+. The molecule has 8 nitrogen and oxygen atoms in total. The van der Waals surface area contributed by atoms with Crippen LogP contribution in [0.25, 0.3) is 6.08 Å². The zero-order valence-electron chi connectivity index (χ0n) is 24.2. The predicted molar refractivity (Wildman–Crippen MR) is 164 cm³/mol. The molecule has 8 heteroatoms. The molecule has 0 atom stereocenters. The summed E-state index contributed by atoms with van der Waals surface area (Å²) in [6.07, 6.45) is 8.28. The highest BCUT2D eigenvalue weighted by Gasteiger charge is 2.19. The number of carbonyl (C=O) groups is 2. The molecule has 0 saturated heterocycles. The summed E-state index contributed by atoms with van der Waals surface area (Å²) >= 11 is 0. The highest BCUT2D eigenvalue weighted by atomic mass is 16.6. The zero-order chi connectivity index (χ0) is 29.2. The summed E-state index contributed by atoms with van der Waals surface area (Å²) in [5, 5.41) is 8.95. The third-order valence-electron chi connectivity index (χ3n) is 6.48. The molecule has 1 fully saturated rings. The molecule has 0 aromatic heterocycles. The van der Waals surface area contributed by atoms with Gasteiger partial charge in [0.15, 0.2) is 11.5 Å². The van der Waals surface area contributed by atoms with Gasteiger partial charge >= 0.3 is 6.09 Å². The van der Waals surface area contributed by atoms with E-state index in [1.807, 2.05) is 42.5 Å². The van der Waals surface area contributed by atoms with Crippen molar-refractivity contribution < 1.29 is 23.8 Å². The number of hydrogen-bond acceptors (Lipinski definition) is 6. The molecule has 2 amide bonds. The monoisotopic (exact) mass is 557 g/mol. The summed E-state index contributed by atoms with van der Waals surface area (Å²) in [5.74, 6) is 1.23. The Bertz CT molecular complexity index is 1360. The summed E-state index contributed by atoms with van der Waals surface area (Å²) in [5.41, 5.74) is 2.73. The Labute approximate surface area is 242 Å². The summed E-state index contributed by atoms with van der Waals surface area (Å²) < 4.78 is 17.0. The molecule has 0 aliphatic heterocycles. The van der Waals surface area contributed by atoms with Gasteiger partial charge in [0.05, 0.1) is 24.6 Å². The molecule has 4 rings (SSSR count). The van der Waals surface area contributed by atoms with Gasteiger partial charge in [0.2, 0.25) is 0 Å². The van der Waals surface area contributed by atoms with E-state index in [9.17, 15) is 9.59 Å². The van der Waals surface area contributed by atoms with Crippen LogP contribution < -0.4 is 25.4 Å². The van der Waals surface area contributed by atoms with Crippen molar-refractivity contribution in [2.45, 2.75) is 58.2 Å². The Morgan fingerprint density at radius 2 is 1.59 bits per heavy atom. The fourth-order valence-corrected chi connectivity index (χ4v) is 4.49. The fourth-order valence-electron chi connectivity index (χ4n) is 4.49. The van der Waals surface area contributed by atoms with Crippen molar-refractivity contribution in [2.24, 2.45) is 0 Å². The maximum atomic E-state index is 12.9. The molecule has 0 heterocycles. The lowest BCUT2D eigenvalue weighted by molar-refractivity contribution is 0.0635. The van der Waals surface area contributed by atoms with Gasteiger partial charge in [-0.3, -0.25) is 10.1 Å². The van der Waals surface area contributed by atoms with Gasteiger partial charge in [-0.05, 0) is 88.4 Å². The van der Waals surface area contributed by atoms with E-state index in [1.54, 1.807) is 64.3 Å². The lowest BCUT2D eigenvalue weighted by Crippen LogP contribution is -2.27. The molecule has 3 aromatic rings. The average molecular weight is 558 g/mol. The lowest BCUT2D eigenvalue weighted by Gasteiger charge is -2.20. The summed E-state index contributed by atoms with van der Waals surface area (Å²) in [7, 11) is 1.66. The first-order valence-electron chi connectivity index (χ1n) is 14.0. The first-order chi connectivity index (χ1) is 19.7. The van der Waals surface area contributed by atoms with Crippen LogP contribution in [0.4, 0.5) is 21.9 Å². The number of ether oxygens (including phenoxy) is 3. The van der Waals surface area contributed by atoms with E-state index in [0.717, 1.165) is 35.6 Å². The largest absolute Gasteiger partial charge is 0.493 e. The number of carbonyl (C=O) groups excluding carboxylic acids is 2. The minimum absolute atomic E-state index is 0.257. The minimum atomic E-state index is -0.628. The van der Waals surface area contributed by atoms with Gasteiger partial charge in [0.1, 0.15) is 5.60 Å². The SMILES string of the molecule is COc1ccc(NC/C=C/c2ccc(C(=O)Nc3ccccc3NC(=O)OC(C)(C)C)cc2)cc1OC1CCCC1. The maximum absolute atomic E-state index is 12.9. The maximum Gasteiger partial charge on any atom is 0.412 e. The van der Waals surface area contributed by atoms with E-state index in [2.05, 4.69) is 16.0 Å². The number of hydrogen-bond donors (Lipinski definition) is 3. The topological polar surface area (TPSA) is 97.9 Å². The highest BCUT2D eigenvalue weighted by Crippen LogP contribution is 2.34. The third-order valence-corrected chi connectivity index (χ3v) is 6.48. The van der Waals surface area contributed by atoms with Crippen LogP contribution in [-0.4, -0.2) is 37.4 Å². The Kier molecular flexibility index (Phi) is 9.90. The fraction of sp³-hybridized carbons (Fsp3) is 0.333. The van der Waals surface area contributed by atoms with Crippen LogP contribution in [0.2, 0.25) is 0 Å².